The minimum atomic E-state index is -3.52. The fraction of sp³-hybridized carbons (Fsp3) is 0.632. The molecule has 2 saturated heterocycles. The number of morpholine rings is 1. The molecular formula is C19H29N3O4S. The molecule has 1 unspecified atom stereocenters. The second kappa shape index (κ2) is 8.26. The largest absolute Gasteiger partial charge is 0.379 e. The molecule has 0 saturated carbocycles. The predicted octanol–water partition coefficient (Wildman–Crippen LogP) is 1.19. The minimum Gasteiger partial charge on any atom is -0.379 e. The van der Waals surface area contributed by atoms with Crippen LogP contribution in [0.1, 0.15) is 31.4 Å². The summed E-state index contributed by atoms with van der Waals surface area (Å²) in [5.41, 5.74) is 1.73. The zero-order chi connectivity index (χ0) is 19.5. The fourth-order valence-corrected chi connectivity index (χ4v) is 5.23. The average molecular weight is 396 g/mol. The lowest BCUT2D eigenvalue weighted by Gasteiger charge is -2.34. The molecular weight excluding hydrogens is 366 g/mol. The molecule has 0 aromatic heterocycles. The predicted molar refractivity (Wildman–Crippen MR) is 106 cm³/mol. The zero-order valence-corrected chi connectivity index (χ0v) is 16.8. The van der Waals surface area contributed by atoms with Gasteiger partial charge in [-0.3, -0.25) is 9.69 Å². The summed E-state index contributed by atoms with van der Waals surface area (Å²) in [5.74, 6) is -0.428. The molecule has 2 aliphatic rings. The Balaban J connectivity index is 1.77. The van der Waals surface area contributed by atoms with E-state index in [4.69, 9.17) is 4.74 Å². The first kappa shape index (κ1) is 20.3. The third-order valence-corrected chi connectivity index (χ3v) is 7.77. The van der Waals surface area contributed by atoms with Crippen LogP contribution in [0.15, 0.2) is 24.3 Å². The van der Waals surface area contributed by atoms with Gasteiger partial charge in [-0.25, -0.2) is 8.42 Å². The molecule has 0 spiro atoms. The monoisotopic (exact) mass is 395 g/mol. The summed E-state index contributed by atoms with van der Waals surface area (Å²) in [7, 11) is -3.52. The highest BCUT2D eigenvalue weighted by molar-refractivity contribution is 7.92. The average Bonchev–Trinajstić information content (AvgIpc) is 2.68. The van der Waals surface area contributed by atoms with Gasteiger partial charge in [0.05, 0.1) is 13.2 Å². The molecule has 2 heterocycles. The van der Waals surface area contributed by atoms with Crippen LogP contribution in [0, 0.1) is 0 Å². The van der Waals surface area contributed by atoms with Crippen LogP contribution in [-0.2, 0) is 19.4 Å². The van der Waals surface area contributed by atoms with Gasteiger partial charge < -0.3 is 15.4 Å². The van der Waals surface area contributed by atoms with Gasteiger partial charge in [0.15, 0.2) is 14.6 Å². The number of nitrogens with one attached hydrogen (secondary N) is 2. The third kappa shape index (κ3) is 4.34. The Bertz CT molecular complexity index is 769. The number of amides is 1. The van der Waals surface area contributed by atoms with Gasteiger partial charge in [0.25, 0.3) is 0 Å². The van der Waals surface area contributed by atoms with Gasteiger partial charge in [-0.1, -0.05) is 12.1 Å². The summed E-state index contributed by atoms with van der Waals surface area (Å²) in [6, 6.07) is 7.89. The Morgan fingerprint density at radius 2 is 1.93 bits per heavy atom. The van der Waals surface area contributed by atoms with E-state index in [0.717, 1.165) is 38.1 Å². The van der Waals surface area contributed by atoms with Gasteiger partial charge in [0.2, 0.25) is 5.91 Å². The van der Waals surface area contributed by atoms with E-state index in [1.165, 1.54) is 0 Å². The number of nitrogens with zero attached hydrogens (tertiary/aromatic N) is 1. The van der Waals surface area contributed by atoms with Crippen molar-refractivity contribution in [3.05, 3.63) is 29.8 Å². The summed E-state index contributed by atoms with van der Waals surface area (Å²) in [5, 5.41) is 6.00. The lowest BCUT2D eigenvalue weighted by molar-refractivity contribution is -0.119. The van der Waals surface area contributed by atoms with Gasteiger partial charge in [-0.2, -0.15) is 0 Å². The molecule has 0 aliphatic carbocycles. The van der Waals surface area contributed by atoms with Crippen molar-refractivity contribution in [3.63, 3.8) is 0 Å². The number of rotatable bonds is 5. The zero-order valence-electron chi connectivity index (χ0n) is 16.0. The SMILES string of the molecule is CC(c1cccc(NC(=O)C2(S(C)(=O)=O)CCNCC2)c1)N1CCOCC1. The summed E-state index contributed by atoms with van der Waals surface area (Å²) < 4.78 is 28.9. The van der Waals surface area contributed by atoms with Gasteiger partial charge >= 0.3 is 0 Å². The van der Waals surface area contributed by atoms with Crippen molar-refractivity contribution in [2.45, 2.75) is 30.6 Å². The van der Waals surface area contributed by atoms with Crippen LogP contribution in [-0.4, -0.2) is 69.6 Å². The normalized spacial score (nSPS) is 22.1. The Hall–Kier alpha value is -1.48. The van der Waals surface area contributed by atoms with Crippen LogP contribution >= 0.6 is 0 Å². The van der Waals surface area contributed by atoms with E-state index in [2.05, 4.69) is 22.5 Å². The van der Waals surface area contributed by atoms with Crippen LogP contribution in [0.25, 0.3) is 0 Å². The van der Waals surface area contributed by atoms with Crippen molar-refractivity contribution >= 4 is 21.4 Å². The number of sulfone groups is 1. The number of anilines is 1. The molecule has 7 nitrogen and oxygen atoms in total. The molecule has 1 atom stereocenters. The second-order valence-corrected chi connectivity index (χ2v) is 9.75. The highest BCUT2D eigenvalue weighted by Crippen LogP contribution is 2.30. The van der Waals surface area contributed by atoms with E-state index < -0.39 is 20.5 Å². The number of ether oxygens (including phenoxy) is 1. The number of hydrogen-bond donors (Lipinski definition) is 2. The molecule has 3 rings (SSSR count). The Labute approximate surface area is 161 Å². The molecule has 1 amide bonds. The summed E-state index contributed by atoms with van der Waals surface area (Å²) in [6.07, 6.45) is 1.75. The second-order valence-electron chi connectivity index (χ2n) is 7.42. The van der Waals surface area contributed by atoms with Crippen LogP contribution < -0.4 is 10.6 Å². The fourth-order valence-electron chi connectivity index (χ4n) is 3.89. The van der Waals surface area contributed by atoms with Crippen molar-refractivity contribution in [1.82, 2.24) is 10.2 Å². The van der Waals surface area contributed by atoms with Crippen molar-refractivity contribution in [2.75, 3.05) is 51.0 Å². The Morgan fingerprint density at radius 3 is 2.56 bits per heavy atom. The van der Waals surface area contributed by atoms with E-state index >= 15 is 0 Å². The number of carbonyl (C=O) groups excluding carboxylic acids is 1. The topological polar surface area (TPSA) is 87.7 Å². The quantitative estimate of drug-likeness (QED) is 0.779. The van der Waals surface area contributed by atoms with Crippen LogP contribution in [0.5, 0.6) is 0 Å². The minimum absolute atomic E-state index is 0.202. The molecule has 0 bridgehead atoms. The van der Waals surface area contributed by atoms with Crippen LogP contribution in [0.2, 0.25) is 0 Å². The first-order chi connectivity index (χ1) is 12.8. The molecule has 2 aliphatic heterocycles. The number of benzene rings is 1. The first-order valence-electron chi connectivity index (χ1n) is 9.47. The number of hydrogen-bond acceptors (Lipinski definition) is 6. The maximum absolute atomic E-state index is 13.0. The van der Waals surface area contributed by atoms with Gasteiger partial charge in [-0.15, -0.1) is 0 Å². The van der Waals surface area contributed by atoms with Crippen LogP contribution in [0.4, 0.5) is 5.69 Å². The molecule has 150 valence electrons. The van der Waals surface area contributed by atoms with E-state index in [1.54, 1.807) is 0 Å². The van der Waals surface area contributed by atoms with Gasteiger partial charge in [0.1, 0.15) is 0 Å². The van der Waals surface area contributed by atoms with Crippen molar-refractivity contribution < 1.29 is 17.9 Å². The molecule has 2 N–H and O–H groups in total. The van der Waals surface area contributed by atoms with Gasteiger partial charge in [-0.05, 0) is 50.6 Å². The van der Waals surface area contributed by atoms with Crippen molar-refractivity contribution in [3.8, 4) is 0 Å². The van der Waals surface area contributed by atoms with E-state index in [9.17, 15) is 13.2 Å². The van der Waals surface area contributed by atoms with Crippen LogP contribution in [0.3, 0.4) is 0 Å². The maximum Gasteiger partial charge on any atom is 0.245 e. The standard InChI is InChI=1S/C19H29N3O4S/c1-15(22-10-12-26-13-11-22)16-4-3-5-17(14-16)21-18(23)19(27(2,24)25)6-8-20-9-7-19/h3-5,14-15,20H,6-13H2,1-2H3,(H,21,23). The molecule has 0 radical (unpaired) electrons. The van der Waals surface area contributed by atoms with E-state index in [1.807, 2.05) is 24.3 Å². The smallest absolute Gasteiger partial charge is 0.245 e. The first-order valence-corrected chi connectivity index (χ1v) is 11.4. The molecule has 1 aromatic rings. The lowest BCUT2D eigenvalue weighted by atomic mass is 9.95. The van der Waals surface area contributed by atoms with Gasteiger partial charge in [0, 0.05) is 31.1 Å². The Morgan fingerprint density at radius 1 is 1.26 bits per heavy atom. The summed E-state index contributed by atoms with van der Waals surface area (Å²) in [4.78, 5) is 15.3. The highest BCUT2D eigenvalue weighted by atomic mass is 32.2. The lowest BCUT2D eigenvalue weighted by Crippen LogP contribution is -2.55. The third-order valence-electron chi connectivity index (χ3n) is 5.76. The number of carbonyl (C=O) groups is 1. The summed E-state index contributed by atoms with van der Waals surface area (Å²) in [6.45, 7) is 6.39. The van der Waals surface area contributed by atoms with Crippen molar-refractivity contribution in [2.24, 2.45) is 0 Å². The Kier molecular flexibility index (Phi) is 6.20. The molecule has 1 aromatic carbocycles. The molecule has 27 heavy (non-hydrogen) atoms. The maximum atomic E-state index is 13.0. The summed E-state index contributed by atoms with van der Waals surface area (Å²) >= 11 is 0. The molecule has 8 heteroatoms. The molecule has 2 fully saturated rings. The highest BCUT2D eigenvalue weighted by Gasteiger charge is 2.48. The van der Waals surface area contributed by atoms with E-state index in [-0.39, 0.29) is 6.04 Å². The van der Waals surface area contributed by atoms with Crippen molar-refractivity contribution in [1.29, 1.82) is 0 Å². The van der Waals surface area contributed by atoms with E-state index in [0.29, 0.717) is 31.6 Å². The number of piperidine rings is 1.